The van der Waals surface area contributed by atoms with E-state index in [-0.39, 0.29) is 5.91 Å². The number of ether oxygens (including phenoxy) is 1. The van der Waals surface area contributed by atoms with Crippen LogP contribution in [0.25, 0.3) is 0 Å². The minimum Gasteiger partial charge on any atom is -0.493 e. The van der Waals surface area contributed by atoms with Crippen molar-refractivity contribution in [3.63, 3.8) is 0 Å². The molecule has 0 bridgehead atoms. The molecular formula is C24H29N3O4S. The number of piperazine rings is 1. The molecule has 0 radical (unpaired) electrons. The van der Waals surface area contributed by atoms with Gasteiger partial charge >= 0.3 is 0 Å². The Bertz CT molecular complexity index is 1140. The third-order valence-corrected chi connectivity index (χ3v) is 8.57. The first-order valence-electron chi connectivity index (χ1n) is 11.3. The van der Waals surface area contributed by atoms with Crippen LogP contribution in [0, 0.1) is 0 Å². The molecule has 32 heavy (non-hydrogen) atoms. The number of hydrogen-bond acceptors (Lipinski definition) is 5. The number of rotatable bonds is 4. The van der Waals surface area contributed by atoms with Crippen molar-refractivity contribution >= 4 is 21.6 Å². The van der Waals surface area contributed by atoms with E-state index in [9.17, 15) is 13.2 Å². The monoisotopic (exact) mass is 455 g/mol. The van der Waals surface area contributed by atoms with Crippen LogP contribution < -0.4 is 9.64 Å². The summed E-state index contributed by atoms with van der Waals surface area (Å²) >= 11 is 0. The number of fused-ring (bicyclic) bond motifs is 2. The van der Waals surface area contributed by atoms with Crippen molar-refractivity contribution in [2.45, 2.75) is 37.6 Å². The summed E-state index contributed by atoms with van der Waals surface area (Å²) in [5.41, 5.74) is 4.29. The first-order valence-corrected chi connectivity index (χ1v) is 12.7. The fourth-order valence-electron chi connectivity index (χ4n) is 4.93. The molecule has 1 fully saturated rings. The molecule has 3 heterocycles. The summed E-state index contributed by atoms with van der Waals surface area (Å²) in [5.74, 6) is 0.981. The van der Waals surface area contributed by atoms with Gasteiger partial charge in [-0.3, -0.25) is 9.69 Å². The van der Waals surface area contributed by atoms with Gasteiger partial charge in [0.25, 0.3) is 0 Å². The second-order valence-corrected chi connectivity index (χ2v) is 10.7. The highest BCUT2D eigenvalue weighted by Gasteiger charge is 2.30. The molecule has 3 aliphatic rings. The maximum atomic E-state index is 13.3. The normalized spacial score (nSPS) is 19.3. The van der Waals surface area contributed by atoms with Crippen LogP contribution in [0.3, 0.4) is 0 Å². The summed E-state index contributed by atoms with van der Waals surface area (Å²) in [5, 5.41) is 0. The number of benzene rings is 2. The van der Waals surface area contributed by atoms with Gasteiger partial charge in [-0.2, -0.15) is 4.31 Å². The van der Waals surface area contributed by atoms with E-state index < -0.39 is 10.0 Å². The average molecular weight is 456 g/mol. The zero-order chi connectivity index (χ0) is 22.3. The first kappa shape index (κ1) is 21.4. The van der Waals surface area contributed by atoms with E-state index >= 15 is 0 Å². The van der Waals surface area contributed by atoms with Crippen molar-refractivity contribution in [1.82, 2.24) is 9.21 Å². The van der Waals surface area contributed by atoms with E-state index in [0.717, 1.165) is 49.4 Å². The van der Waals surface area contributed by atoms with Gasteiger partial charge in [0.2, 0.25) is 15.9 Å². The molecule has 170 valence electrons. The molecule has 2 aromatic carbocycles. The van der Waals surface area contributed by atoms with Crippen LogP contribution >= 0.6 is 0 Å². The number of anilines is 1. The van der Waals surface area contributed by atoms with E-state index in [1.165, 1.54) is 11.1 Å². The highest BCUT2D eigenvalue weighted by atomic mass is 32.2. The molecule has 1 saturated heterocycles. The number of hydrogen-bond donors (Lipinski definition) is 0. The zero-order valence-electron chi connectivity index (χ0n) is 18.4. The SMILES string of the molecule is CC(=O)N1CCCc2cc(S(=O)(=O)N3CCN(Cc4ccc5c(c4)CCO5)CC3)ccc21. The summed E-state index contributed by atoms with van der Waals surface area (Å²) in [6.07, 6.45) is 2.60. The summed E-state index contributed by atoms with van der Waals surface area (Å²) in [4.78, 5) is 16.3. The maximum Gasteiger partial charge on any atom is 0.243 e. The number of nitrogens with zero attached hydrogens (tertiary/aromatic N) is 3. The van der Waals surface area contributed by atoms with Crippen molar-refractivity contribution in [2.24, 2.45) is 0 Å². The van der Waals surface area contributed by atoms with Gasteiger partial charge in [0.05, 0.1) is 11.5 Å². The van der Waals surface area contributed by atoms with Crippen LogP contribution in [0.5, 0.6) is 5.75 Å². The molecule has 1 amide bonds. The van der Waals surface area contributed by atoms with Crippen LogP contribution in [-0.2, 0) is 34.2 Å². The Labute approximate surface area is 189 Å². The molecule has 8 heteroatoms. The number of carbonyl (C=O) groups excluding carboxylic acids is 1. The van der Waals surface area contributed by atoms with E-state index in [0.29, 0.717) is 37.6 Å². The first-order chi connectivity index (χ1) is 15.4. The van der Waals surface area contributed by atoms with Gasteiger partial charge < -0.3 is 9.64 Å². The molecule has 3 aliphatic heterocycles. The van der Waals surface area contributed by atoms with E-state index in [2.05, 4.69) is 17.0 Å². The maximum absolute atomic E-state index is 13.3. The van der Waals surface area contributed by atoms with Crippen LogP contribution in [0.1, 0.15) is 30.0 Å². The van der Waals surface area contributed by atoms with Crippen molar-refractivity contribution in [3.05, 3.63) is 53.1 Å². The van der Waals surface area contributed by atoms with Gasteiger partial charge in [-0.15, -0.1) is 0 Å². The van der Waals surface area contributed by atoms with Crippen molar-refractivity contribution in [1.29, 1.82) is 0 Å². The number of sulfonamides is 1. The molecule has 0 atom stereocenters. The predicted octanol–water partition coefficient (Wildman–Crippen LogP) is 2.43. The van der Waals surface area contributed by atoms with Crippen molar-refractivity contribution < 1.29 is 17.9 Å². The Morgan fingerprint density at radius 2 is 1.78 bits per heavy atom. The Balaban J connectivity index is 1.25. The number of aryl methyl sites for hydroxylation is 1. The largest absolute Gasteiger partial charge is 0.493 e. The Morgan fingerprint density at radius 1 is 0.969 bits per heavy atom. The highest BCUT2D eigenvalue weighted by Crippen LogP contribution is 2.31. The lowest BCUT2D eigenvalue weighted by molar-refractivity contribution is -0.116. The molecule has 2 aromatic rings. The fourth-order valence-corrected chi connectivity index (χ4v) is 6.41. The zero-order valence-corrected chi connectivity index (χ0v) is 19.2. The predicted molar refractivity (Wildman–Crippen MR) is 122 cm³/mol. The van der Waals surface area contributed by atoms with E-state index in [1.807, 2.05) is 6.07 Å². The summed E-state index contributed by atoms with van der Waals surface area (Å²) in [7, 11) is -3.55. The molecule has 0 spiro atoms. The fraction of sp³-hybridized carbons (Fsp3) is 0.458. The lowest BCUT2D eigenvalue weighted by Crippen LogP contribution is -2.48. The molecule has 0 unspecified atom stereocenters. The number of carbonyl (C=O) groups is 1. The molecule has 7 nitrogen and oxygen atoms in total. The van der Waals surface area contributed by atoms with Crippen LogP contribution in [0.4, 0.5) is 5.69 Å². The van der Waals surface area contributed by atoms with Crippen molar-refractivity contribution in [3.8, 4) is 5.75 Å². The Kier molecular flexibility index (Phi) is 5.69. The van der Waals surface area contributed by atoms with Crippen LogP contribution in [-0.4, -0.2) is 62.9 Å². The highest BCUT2D eigenvalue weighted by molar-refractivity contribution is 7.89. The molecule has 5 rings (SSSR count). The van der Waals surface area contributed by atoms with Crippen LogP contribution in [0.2, 0.25) is 0 Å². The molecule has 0 aromatic heterocycles. The average Bonchev–Trinajstić information content (AvgIpc) is 3.26. The van der Waals surface area contributed by atoms with Gasteiger partial charge in [0, 0.05) is 58.3 Å². The van der Waals surface area contributed by atoms with Crippen LogP contribution in [0.15, 0.2) is 41.3 Å². The summed E-state index contributed by atoms with van der Waals surface area (Å²) < 4.78 is 33.8. The molecule has 0 aliphatic carbocycles. The third-order valence-electron chi connectivity index (χ3n) is 6.68. The van der Waals surface area contributed by atoms with Gasteiger partial charge in [-0.25, -0.2) is 8.42 Å². The van der Waals surface area contributed by atoms with Gasteiger partial charge in [0.1, 0.15) is 5.75 Å². The van der Waals surface area contributed by atoms with Crippen molar-refractivity contribution in [2.75, 3.05) is 44.2 Å². The van der Waals surface area contributed by atoms with Gasteiger partial charge in [-0.1, -0.05) is 12.1 Å². The Hall–Kier alpha value is -2.42. The third kappa shape index (κ3) is 4.02. The minimum absolute atomic E-state index is 0.00595. The molecule has 0 saturated carbocycles. The standard InChI is InChI=1S/C24H29N3O4S/c1-18(28)27-9-2-3-20-16-22(5-6-23(20)27)32(29,30)26-12-10-25(11-13-26)17-19-4-7-24-21(15-19)8-14-31-24/h4-7,15-16H,2-3,8-14,17H2,1H3. The lowest BCUT2D eigenvalue weighted by Gasteiger charge is -2.34. The second kappa shape index (κ2) is 8.50. The quantitative estimate of drug-likeness (QED) is 0.708. The smallest absolute Gasteiger partial charge is 0.243 e. The summed E-state index contributed by atoms with van der Waals surface area (Å²) in [6.45, 7) is 6.18. The number of amides is 1. The summed E-state index contributed by atoms with van der Waals surface area (Å²) in [6, 6.07) is 11.6. The second-order valence-electron chi connectivity index (χ2n) is 8.79. The van der Waals surface area contributed by atoms with E-state index in [4.69, 9.17) is 4.74 Å². The topological polar surface area (TPSA) is 70.2 Å². The van der Waals surface area contributed by atoms with Gasteiger partial charge in [0.15, 0.2) is 0 Å². The van der Waals surface area contributed by atoms with E-state index in [1.54, 1.807) is 34.3 Å². The lowest BCUT2D eigenvalue weighted by atomic mass is 10.0. The minimum atomic E-state index is -3.55. The molecular weight excluding hydrogens is 426 g/mol. The Morgan fingerprint density at radius 3 is 2.56 bits per heavy atom. The van der Waals surface area contributed by atoms with Gasteiger partial charge in [-0.05, 0) is 53.8 Å². The molecule has 0 N–H and O–H groups in total.